The van der Waals surface area contributed by atoms with Crippen LogP contribution in [-0.2, 0) is 16.9 Å². The minimum Gasteiger partial charge on any atom is -0.383 e. The van der Waals surface area contributed by atoms with Crippen LogP contribution in [0.1, 0.15) is 5.69 Å². The van der Waals surface area contributed by atoms with Crippen molar-refractivity contribution in [3.63, 3.8) is 0 Å². The number of hydrogen-bond acceptors (Lipinski definition) is 4. The Morgan fingerprint density at radius 2 is 1.82 bits per heavy atom. The molecule has 2 aromatic rings. The quantitative estimate of drug-likeness (QED) is 0.868. The van der Waals surface area contributed by atoms with Gasteiger partial charge in [0, 0.05) is 7.05 Å². The SMILES string of the molecule is Cc1nn(C)c(N)c1S(=O)(=O)c1ccccc1. The number of aryl methyl sites for hydroxylation is 2. The van der Waals surface area contributed by atoms with Crippen LogP contribution in [0.25, 0.3) is 0 Å². The molecule has 0 aliphatic heterocycles. The number of sulfone groups is 1. The summed E-state index contributed by atoms with van der Waals surface area (Å²) in [5.74, 6) is 0.159. The average Bonchev–Trinajstić information content (AvgIpc) is 2.54. The van der Waals surface area contributed by atoms with Crippen LogP contribution in [0.3, 0.4) is 0 Å². The maximum atomic E-state index is 12.4. The molecule has 0 aliphatic carbocycles. The van der Waals surface area contributed by atoms with Crippen molar-refractivity contribution in [1.82, 2.24) is 9.78 Å². The van der Waals surface area contributed by atoms with Gasteiger partial charge in [0.25, 0.3) is 0 Å². The molecule has 90 valence electrons. The highest BCUT2D eigenvalue weighted by Crippen LogP contribution is 2.27. The Morgan fingerprint density at radius 1 is 1.24 bits per heavy atom. The lowest BCUT2D eigenvalue weighted by Gasteiger charge is -2.04. The summed E-state index contributed by atoms with van der Waals surface area (Å²) in [6.45, 7) is 1.63. The van der Waals surface area contributed by atoms with Crippen LogP contribution >= 0.6 is 0 Å². The number of nitrogens with two attached hydrogens (primary N) is 1. The summed E-state index contributed by atoms with van der Waals surface area (Å²) >= 11 is 0. The first-order valence-corrected chi connectivity index (χ1v) is 6.52. The summed E-state index contributed by atoms with van der Waals surface area (Å²) < 4.78 is 26.1. The van der Waals surface area contributed by atoms with Gasteiger partial charge in [-0.15, -0.1) is 0 Å². The van der Waals surface area contributed by atoms with Gasteiger partial charge >= 0.3 is 0 Å². The molecule has 1 aromatic carbocycles. The average molecular weight is 251 g/mol. The molecule has 1 aromatic heterocycles. The first-order chi connectivity index (χ1) is 7.94. The third-order valence-corrected chi connectivity index (χ3v) is 4.47. The van der Waals surface area contributed by atoms with E-state index in [4.69, 9.17) is 5.73 Å². The largest absolute Gasteiger partial charge is 0.383 e. The molecule has 1 heterocycles. The third-order valence-electron chi connectivity index (χ3n) is 2.53. The highest BCUT2D eigenvalue weighted by atomic mass is 32.2. The van der Waals surface area contributed by atoms with Gasteiger partial charge in [-0.2, -0.15) is 5.10 Å². The molecule has 0 saturated carbocycles. The number of benzene rings is 1. The molecule has 0 aliphatic rings. The smallest absolute Gasteiger partial charge is 0.212 e. The van der Waals surface area contributed by atoms with Crippen LogP contribution in [-0.4, -0.2) is 18.2 Å². The minimum absolute atomic E-state index is 0.0891. The van der Waals surface area contributed by atoms with Crippen LogP contribution in [0.2, 0.25) is 0 Å². The predicted molar refractivity (Wildman–Crippen MR) is 64.3 cm³/mol. The molecule has 0 fully saturated rings. The topological polar surface area (TPSA) is 78.0 Å². The molecule has 0 amide bonds. The fourth-order valence-electron chi connectivity index (χ4n) is 1.71. The number of nitrogens with zero attached hydrogens (tertiary/aromatic N) is 2. The van der Waals surface area contributed by atoms with E-state index < -0.39 is 9.84 Å². The Labute approximate surface area is 99.8 Å². The second-order valence-corrected chi connectivity index (χ2v) is 5.63. The van der Waals surface area contributed by atoms with E-state index in [-0.39, 0.29) is 15.6 Å². The van der Waals surface area contributed by atoms with Crippen molar-refractivity contribution >= 4 is 15.7 Å². The highest BCUT2D eigenvalue weighted by Gasteiger charge is 2.26. The zero-order valence-electron chi connectivity index (χ0n) is 9.58. The molecule has 5 nitrogen and oxygen atoms in total. The maximum Gasteiger partial charge on any atom is 0.212 e. The van der Waals surface area contributed by atoms with E-state index in [2.05, 4.69) is 5.10 Å². The van der Waals surface area contributed by atoms with Gasteiger partial charge in [-0.3, -0.25) is 4.68 Å². The van der Waals surface area contributed by atoms with E-state index in [1.54, 1.807) is 44.3 Å². The van der Waals surface area contributed by atoms with Gasteiger partial charge in [0.05, 0.1) is 10.6 Å². The standard InChI is InChI=1S/C11H13N3O2S/c1-8-10(11(12)14(2)13-8)17(15,16)9-6-4-3-5-7-9/h3-7H,12H2,1-2H3. The summed E-state index contributed by atoms with van der Waals surface area (Å²) in [7, 11) is -1.97. The molecule has 0 unspecified atom stereocenters. The van der Waals surface area contributed by atoms with E-state index in [9.17, 15) is 8.42 Å². The van der Waals surface area contributed by atoms with Crippen LogP contribution in [0.15, 0.2) is 40.1 Å². The Hall–Kier alpha value is -1.82. The van der Waals surface area contributed by atoms with Crippen LogP contribution < -0.4 is 5.73 Å². The van der Waals surface area contributed by atoms with Crippen molar-refractivity contribution in [2.45, 2.75) is 16.7 Å². The maximum absolute atomic E-state index is 12.4. The molecule has 0 saturated heterocycles. The van der Waals surface area contributed by atoms with E-state index in [1.165, 1.54) is 4.68 Å². The van der Waals surface area contributed by atoms with Gasteiger partial charge in [-0.05, 0) is 19.1 Å². The fourth-order valence-corrected chi connectivity index (χ4v) is 3.29. The molecular weight excluding hydrogens is 238 g/mol. The Bertz CT molecular complexity index is 645. The second-order valence-electron chi connectivity index (χ2n) is 3.74. The molecule has 0 radical (unpaired) electrons. The second kappa shape index (κ2) is 3.89. The molecule has 0 bridgehead atoms. The summed E-state index contributed by atoms with van der Waals surface area (Å²) in [4.78, 5) is 0.314. The lowest BCUT2D eigenvalue weighted by Crippen LogP contribution is -2.06. The zero-order chi connectivity index (χ0) is 12.6. The van der Waals surface area contributed by atoms with Gasteiger partial charge in [-0.1, -0.05) is 18.2 Å². The molecule has 0 atom stereocenters. The van der Waals surface area contributed by atoms with E-state index in [1.807, 2.05) is 0 Å². The molecule has 6 heteroatoms. The summed E-state index contributed by atoms with van der Waals surface area (Å²) in [6.07, 6.45) is 0. The number of nitrogen functional groups attached to an aromatic ring is 1. The summed E-state index contributed by atoms with van der Waals surface area (Å²) in [5, 5.41) is 4.01. The predicted octanol–water partition coefficient (Wildman–Crippen LogP) is 1.14. The Morgan fingerprint density at radius 3 is 2.29 bits per heavy atom. The van der Waals surface area contributed by atoms with Crippen LogP contribution in [0.4, 0.5) is 5.82 Å². The van der Waals surface area contributed by atoms with E-state index in [0.29, 0.717) is 5.69 Å². The van der Waals surface area contributed by atoms with E-state index in [0.717, 1.165) is 0 Å². The van der Waals surface area contributed by atoms with Crippen molar-refractivity contribution in [1.29, 1.82) is 0 Å². The lowest BCUT2D eigenvalue weighted by atomic mass is 10.4. The molecule has 0 spiro atoms. The van der Waals surface area contributed by atoms with Crippen molar-refractivity contribution in [2.24, 2.45) is 7.05 Å². The van der Waals surface area contributed by atoms with Crippen molar-refractivity contribution in [2.75, 3.05) is 5.73 Å². The summed E-state index contributed by atoms with van der Waals surface area (Å²) in [6, 6.07) is 8.20. The Kier molecular flexibility index (Phi) is 2.66. The number of hydrogen-bond donors (Lipinski definition) is 1. The molecule has 2 rings (SSSR count). The van der Waals surface area contributed by atoms with Crippen LogP contribution in [0.5, 0.6) is 0 Å². The van der Waals surface area contributed by atoms with Crippen molar-refractivity contribution < 1.29 is 8.42 Å². The normalized spacial score (nSPS) is 11.6. The van der Waals surface area contributed by atoms with Crippen molar-refractivity contribution in [3.8, 4) is 0 Å². The number of anilines is 1. The minimum atomic E-state index is -3.59. The monoisotopic (exact) mass is 251 g/mol. The molecular formula is C11H13N3O2S. The number of rotatable bonds is 2. The fraction of sp³-hybridized carbons (Fsp3) is 0.182. The van der Waals surface area contributed by atoms with E-state index >= 15 is 0 Å². The number of aromatic nitrogens is 2. The van der Waals surface area contributed by atoms with Gasteiger partial charge in [0.1, 0.15) is 10.7 Å². The molecule has 2 N–H and O–H groups in total. The first kappa shape index (κ1) is 11.7. The molecule has 17 heavy (non-hydrogen) atoms. The van der Waals surface area contributed by atoms with Gasteiger partial charge in [-0.25, -0.2) is 8.42 Å². The zero-order valence-corrected chi connectivity index (χ0v) is 10.4. The van der Waals surface area contributed by atoms with Gasteiger partial charge in [0.2, 0.25) is 9.84 Å². The lowest BCUT2D eigenvalue weighted by molar-refractivity contribution is 0.596. The first-order valence-electron chi connectivity index (χ1n) is 5.04. The van der Waals surface area contributed by atoms with Crippen molar-refractivity contribution in [3.05, 3.63) is 36.0 Å². The third kappa shape index (κ3) is 1.80. The van der Waals surface area contributed by atoms with Gasteiger partial charge in [0.15, 0.2) is 0 Å². The van der Waals surface area contributed by atoms with Crippen LogP contribution in [0, 0.1) is 6.92 Å². The highest BCUT2D eigenvalue weighted by molar-refractivity contribution is 7.91. The summed E-state index contributed by atoms with van der Waals surface area (Å²) in [5.41, 5.74) is 6.16. The Balaban J connectivity index is 2.69. The van der Waals surface area contributed by atoms with Gasteiger partial charge < -0.3 is 5.73 Å².